The number of hydrogen-bond acceptors (Lipinski definition) is 3. The number of aromatic hydroxyl groups is 1. The van der Waals surface area contributed by atoms with E-state index in [-0.39, 0.29) is 11.3 Å². The number of carbonyl (C=O) groups excluding carboxylic acids is 1. The second kappa shape index (κ2) is 5.01. The molecule has 0 saturated heterocycles. The van der Waals surface area contributed by atoms with Gasteiger partial charge >= 0.3 is 0 Å². The number of rotatable bonds is 3. The lowest BCUT2D eigenvalue weighted by Gasteiger charge is -2.09. The second-order valence-corrected chi connectivity index (χ2v) is 4.35. The number of imidazole rings is 1. The molecule has 1 aromatic heterocycles. The molecule has 0 radical (unpaired) electrons. The van der Waals surface area contributed by atoms with Gasteiger partial charge < -0.3 is 5.11 Å². The summed E-state index contributed by atoms with van der Waals surface area (Å²) in [5.41, 5.74) is 2.01. The fourth-order valence-corrected chi connectivity index (χ4v) is 2.09. The van der Waals surface area contributed by atoms with Gasteiger partial charge in [0.05, 0.1) is 11.3 Å². The number of aromatic nitrogens is 2. The molecule has 0 atom stereocenters. The first-order chi connectivity index (χ1) is 9.79. The van der Waals surface area contributed by atoms with Crippen LogP contribution in [-0.2, 0) is 0 Å². The molecule has 3 aromatic rings. The highest BCUT2D eigenvalue weighted by molar-refractivity contribution is 5.79. The molecule has 1 N–H and O–H groups in total. The molecule has 4 heteroatoms. The zero-order chi connectivity index (χ0) is 13.9. The average Bonchev–Trinajstić information content (AvgIpc) is 2.97. The molecule has 0 unspecified atom stereocenters. The van der Waals surface area contributed by atoms with Crippen molar-refractivity contribution in [2.75, 3.05) is 0 Å². The lowest BCUT2D eigenvalue weighted by molar-refractivity contribution is 0.112. The quantitative estimate of drug-likeness (QED) is 0.740. The number of hydrogen-bond donors (Lipinski definition) is 1. The van der Waals surface area contributed by atoms with Crippen molar-refractivity contribution in [1.82, 2.24) is 9.55 Å². The van der Waals surface area contributed by atoms with Crippen LogP contribution in [0.3, 0.4) is 0 Å². The van der Waals surface area contributed by atoms with E-state index >= 15 is 0 Å². The van der Waals surface area contributed by atoms with Crippen LogP contribution in [0, 0.1) is 0 Å². The van der Waals surface area contributed by atoms with Crippen molar-refractivity contribution >= 4 is 6.29 Å². The minimum atomic E-state index is -0.0368. The third-order valence-electron chi connectivity index (χ3n) is 3.09. The van der Waals surface area contributed by atoms with Gasteiger partial charge in [-0.3, -0.25) is 9.36 Å². The van der Waals surface area contributed by atoms with E-state index in [0.29, 0.717) is 6.29 Å². The third kappa shape index (κ3) is 2.07. The monoisotopic (exact) mass is 264 g/mol. The second-order valence-electron chi connectivity index (χ2n) is 4.35. The van der Waals surface area contributed by atoms with E-state index in [2.05, 4.69) is 4.98 Å². The largest absolute Gasteiger partial charge is 0.507 e. The van der Waals surface area contributed by atoms with Crippen molar-refractivity contribution in [1.29, 1.82) is 0 Å². The molecule has 2 aromatic carbocycles. The summed E-state index contributed by atoms with van der Waals surface area (Å²) in [5.74, 6) is 0.745. The fraction of sp³-hybridized carbons (Fsp3) is 0. The molecule has 0 aliphatic carbocycles. The molecule has 0 aliphatic rings. The van der Waals surface area contributed by atoms with Gasteiger partial charge in [0.15, 0.2) is 6.29 Å². The number of phenols is 1. The van der Waals surface area contributed by atoms with E-state index in [9.17, 15) is 9.90 Å². The van der Waals surface area contributed by atoms with Gasteiger partial charge in [-0.1, -0.05) is 30.3 Å². The van der Waals surface area contributed by atoms with E-state index in [0.717, 1.165) is 17.1 Å². The lowest BCUT2D eigenvalue weighted by Crippen LogP contribution is -1.96. The fourth-order valence-electron chi connectivity index (χ4n) is 2.09. The molecule has 0 bridgehead atoms. The summed E-state index contributed by atoms with van der Waals surface area (Å²) in [6, 6.07) is 14.7. The maximum Gasteiger partial charge on any atom is 0.153 e. The van der Waals surface area contributed by atoms with Crippen molar-refractivity contribution in [3.63, 3.8) is 0 Å². The Hall–Kier alpha value is -2.88. The van der Waals surface area contributed by atoms with Crippen LogP contribution in [0.5, 0.6) is 5.75 Å². The van der Waals surface area contributed by atoms with Gasteiger partial charge in [-0.05, 0) is 12.1 Å². The highest BCUT2D eigenvalue weighted by atomic mass is 16.3. The maximum absolute atomic E-state index is 10.7. The summed E-state index contributed by atoms with van der Waals surface area (Å²) < 4.78 is 1.86. The predicted molar refractivity (Wildman–Crippen MR) is 76.1 cm³/mol. The van der Waals surface area contributed by atoms with E-state index in [1.54, 1.807) is 24.4 Å². The van der Waals surface area contributed by atoms with Gasteiger partial charge in [0.1, 0.15) is 11.6 Å². The van der Waals surface area contributed by atoms with Crippen LogP contribution in [0.25, 0.3) is 17.1 Å². The van der Waals surface area contributed by atoms with Gasteiger partial charge in [-0.15, -0.1) is 0 Å². The SMILES string of the molecule is O=Cc1ccc(-n2ccnc2-c2ccccc2)cc1O. The Morgan fingerprint density at radius 2 is 1.90 bits per heavy atom. The zero-order valence-corrected chi connectivity index (χ0v) is 10.6. The Bertz CT molecular complexity index is 748. The Morgan fingerprint density at radius 1 is 1.10 bits per heavy atom. The Balaban J connectivity index is 2.10. The van der Waals surface area contributed by atoms with E-state index < -0.39 is 0 Å². The molecule has 4 nitrogen and oxygen atoms in total. The Kier molecular flexibility index (Phi) is 3.05. The highest BCUT2D eigenvalue weighted by Crippen LogP contribution is 2.24. The van der Waals surface area contributed by atoms with E-state index in [4.69, 9.17) is 0 Å². The van der Waals surface area contributed by atoms with E-state index in [1.807, 2.05) is 41.1 Å². The highest BCUT2D eigenvalue weighted by Gasteiger charge is 2.09. The first kappa shape index (κ1) is 12.2. The maximum atomic E-state index is 10.7. The number of benzene rings is 2. The molecule has 0 fully saturated rings. The van der Waals surface area contributed by atoms with Crippen molar-refractivity contribution in [2.45, 2.75) is 0 Å². The topological polar surface area (TPSA) is 55.1 Å². The number of carbonyl (C=O) groups is 1. The minimum absolute atomic E-state index is 0.0368. The molecule has 3 rings (SSSR count). The van der Waals surface area contributed by atoms with Crippen LogP contribution in [0.1, 0.15) is 10.4 Å². The molecule has 0 saturated carbocycles. The minimum Gasteiger partial charge on any atom is -0.507 e. The normalized spacial score (nSPS) is 10.4. The summed E-state index contributed by atoms with van der Waals surface area (Å²) in [4.78, 5) is 15.1. The van der Waals surface area contributed by atoms with Gasteiger partial charge in [0.25, 0.3) is 0 Å². The Morgan fingerprint density at radius 3 is 2.60 bits per heavy atom. The Labute approximate surface area is 116 Å². The van der Waals surface area contributed by atoms with Crippen molar-refractivity contribution in [3.8, 4) is 22.8 Å². The zero-order valence-electron chi connectivity index (χ0n) is 10.6. The molecule has 0 spiro atoms. The van der Waals surface area contributed by atoms with Crippen LogP contribution >= 0.6 is 0 Å². The molecule has 1 heterocycles. The first-order valence-electron chi connectivity index (χ1n) is 6.17. The van der Waals surface area contributed by atoms with Gasteiger partial charge in [-0.25, -0.2) is 4.98 Å². The number of phenolic OH excluding ortho intramolecular Hbond substituents is 1. The summed E-state index contributed by atoms with van der Waals surface area (Å²) >= 11 is 0. The molecule has 0 aliphatic heterocycles. The summed E-state index contributed by atoms with van der Waals surface area (Å²) in [6.45, 7) is 0. The van der Waals surface area contributed by atoms with Crippen molar-refractivity contribution < 1.29 is 9.90 Å². The smallest absolute Gasteiger partial charge is 0.153 e. The van der Waals surface area contributed by atoms with Crippen LogP contribution in [0.2, 0.25) is 0 Å². The summed E-state index contributed by atoms with van der Waals surface area (Å²) in [5, 5.41) is 9.79. The van der Waals surface area contributed by atoms with Gasteiger partial charge in [0.2, 0.25) is 0 Å². The van der Waals surface area contributed by atoms with Crippen LogP contribution in [0.4, 0.5) is 0 Å². The molecule has 98 valence electrons. The van der Waals surface area contributed by atoms with Gasteiger partial charge in [-0.2, -0.15) is 0 Å². The van der Waals surface area contributed by atoms with Crippen molar-refractivity contribution in [3.05, 3.63) is 66.5 Å². The van der Waals surface area contributed by atoms with Crippen molar-refractivity contribution in [2.24, 2.45) is 0 Å². The predicted octanol–water partition coefficient (Wildman–Crippen LogP) is 3.06. The molecule has 0 amide bonds. The summed E-state index contributed by atoms with van der Waals surface area (Å²) in [7, 11) is 0. The third-order valence-corrected chi connectivity index (χ3v) is 3.09. The lowest BCUT2D eigenvalue weighted by atomic mass is 10.2. The van der Waals surface area contributed by atoms with Crippen LogP contribution in [0.15, 0.2) is 60.9 Å². The number of aldehydes is 1. The van der Waals surface area contributed by atoms with Gasteiger partial charge in [0, 0.05) is 24.0 Å². The molecule has 20 heavy (non-hydrogen) atoms. The number of nitrogens with zero attached hydrogens (tertiary/aromatic N) is 2. The van der Waals surface area contributed by atoms with Crippen LogP contribution in [-0.4, -0.2) is 20.9 Å². The standard InChI is InChI=1S/C16H12N2O2/c19-11-13-6-7-14(10-15(13)20)18-9-8-17-16(18)12-4-2-1-3-5-12/h1-11,20H. The molecular weight excluding hydrogens is 252 g/mol. The first-order valence-corrected chi connectivity index (χ1v) is 6.17. The average molecular weight is 264 g/mol. The van der Waals surface area contributed by atoms with Crippen LogP contribution < -0.4 is 0 Å². The summed E-state index contributed by atoms with van der Waals surface area (Å²) in [6.07, 6.45) is 4.15. The molecular formula is C16H12N2O2. The van der Waals surface area contributed by atoms with E-state index in [1.165, 1.54) is 0 Å².